The quantitative estimate of drug-likeness (QED) is 0.246. The van der Waals surface area contributed by atoms with E-state index < -0.39 is 0 Å². The van der Waals surface area contributed by atoms with Gasteiger partial charge in [-0.05, 0) is 80.9 Å². The van der Waals surface area contributed by atoms with Gasteiger partial charge in [0.05, 0.1) is 0 Å². The highest BCUT2D eigenvalue weighted by Crippen LogP contribution is 2.30. The van der Waals surface area contributed by atoms with Gasteiger partial charge in [-0.1, -0.05) is 78.6 Å². The molecule has 0 saturated carbocycles. The minimum Gasteiger partial charge on any atom is -0.508 e. The average molecular weight is 394 g/mol. The minimum absolute atomic E-state index is 0.231. The Labute approximate surface area is 181 Å². The zero-order valence-corrected chi connectivity index (χ0v) is 16.8. The molecule has 1 heteroatoms. The first-order valence-corrected chi connectivity index (χ1v) is 10.1. The standard InChI is InChI=1S/C30H18O/c31-27-18-13-22(14-19-27)7-1-2-8-23-9-3-5-11-28(23)25-17-20-30-26(21-25)16-15-24-10-4-6-12-29(24)30/h3-6,9-21,31H. The fraction of sp³-hybridized carbons (Fsp3) is 0. The van der Waals surface area contributed by atoms with Gasteiger partial charge in [-0.3, -0.25) is 0 Å². The number of rotatable bonds is 1. The van der Waals surface area contributed by atoms with Crippen molar-refractivity contribution in [3.8, 4) is 40.6 Å². The Kier molecular flexibility index (Phi) is 4.86. The van der Waals surface area contributed by atoms with Gasteiger partial charge in [0, 0.05) is 11.1 Å². The number of aromatic hydroxyl groups is 1. The summed E-state index contributed by atoms with van der Waals surface area (Å²) in [4.78, 5) is 0. The Bertz CT molecular complexity index is 1530. The number of phenolic OH excluding ortho intramolecular Hbond substituents is 1. The maximum absolute atomic E-state index is 9.36. The lowest BCUT2D eigenvalue weighted by Crippen LogP contribution is -1.85. The summed E-state index contributed by atoms with van der Waals surface area (Å²) < 4.78 is 0. The molecule has 0 spiro atoms. The molecule has 144 valence electrons. The van der Waals surface area contributed by atoms with Gasteiger partial charge in [0.15, 0.2) is 0 Å². The summed E-state index contributed by atoms with van der Waals surface area (Å²) >= 11 is 0. The van der Waals surface area contributed by atoms with Crippen LogP contribution in [0, 0.1) is 23.7 Å². The molecule has 0 fully saturated rings. The van der Waals surface area contributed by atoms with Crippen LogP contribution in [-0.4, -0.2) is 5.11 Å². The lowest BCUT2D eigenvalue weighted by molar-refractivity contribution is 0.475. The molecule has 0 amide bonds. The molecule has 5 aromatic rings. The maximum Gasteiger partial charge on any atom is 0.115 e. The second kappa shape index (κ2) is 8.11. The Morgan fingerprint density at radius 2 is 1.26 bits per heavy atom. The van der Waals surface area contributed by atoms with E-state index in [1.54, 1.807) is 24.3 Å². The van der Waals surface area contributed by atoms with Crippen molar-refractivity contribution in [2.45, 2.75) is 0 Å². The number of hydrogen-bond acceptors (Lipinski definition) is 1. The first kappa shape index (κ1) is 18.6. The minimum atomic E-state index is 0.231. The molecular weight excluding hydrogens is 376 g/mol. The van der Waals surface area contributed by atoms with Crippen LogP contribution in [0.2, 0.25) is 0 Å². The predicted octanol–water partition coefficient (Wildman–Crippen LogP) is 6.77. The van der Waals surface area contributed by atoms with Crippen LogP contribution in [0.25, 0.3) is 32.7 Å². The molecule has 0 aliphatic heterocycles. The molecule has 5 aromatic carbocycles. The van der Waals surface area contributed by atoms with Crippen molar-refractivity contribution in [2.24, 2.45) is 0 Å². The Hall–Kier alpha value is -4.46. The molecule has 31 heavy (non-hydrogen) atoms. The maximum atomic E-state index is 9.36. The van der Waals surface area contributed by atoms with E-state index in [9.17, 15) is 5.11 Å². The van der Waals surface area contributed by atoms with Crippen molar-refractivity contribution < 1.29 is 5.11 Å². The molecule has 0 saturated heterocycles. The Balaban J connectivity index is 1.52. The van der Waals surface area contributed by atoms with Crippen molar-refractivity contribution in [3.63, 3.8) is 0 Å². The first-order valence-electron chi connectivity index (χ1n) is 10.1. The molecule has 0 radical (unpaired) electrons. The third-order valence-corrected chi connectivity index (χ3v) is 5.32. The van der Waals surface area contributed by atoms with Crippen LogP contribution >= 0.6 is 0 Å². The van der Waals surface area contributed by atoms with Crippen LogP contribution in [0.4, 0.5) is 0 Å². The van der Waals surface area contributed by atoms with Gasteiger partial charge in [0.2, 0.25) is 0 Å². The third kappa shape index (κ3) is 3.86. The van der Waals surface area contributed by atoms with E-state index in [-0.39, 0.29) is 5.75 Å². The molecule has 0 heterocycles. The number of benzene rings is 5. The SMILES string of the molecule is Oc1ccc(C#CC#Cc2ccccc2-c2ccc3c(ccc4ccccc43)c2)cc1. The van der Waals surface area contributed by atoms with E-state index in [0.717, 1.165) is 22.3 Å². The summed E-state index contributed by atoms with van der Waals surface area (Å²) in [5.41, 5.74) is 4.00. The van der Waals surface area contributed by atoms with Crippen molar-refractivity contribution in [1.29, 1.82) is 0 Å². The third-order valence-electron chi connectivity index (χ3n) is 5.32. The van der Waals surface area contributed by atoms with Crippen molar-refractivity contribution >= 4 is 21.5 Å². The molecular formula is C30H18O. The fourth-order valence-electron chi connectivity index (χ4n) is 3.77. The van der Waals surface area contributed by atoms with Gasteiger partial charge >= 0.3 is 0 Å². The summed E-state index contributed by atoms with van der Waals surface area (Å²) in [6.45, 7) is 0. The second-order valence-corrected chi connectivity index (χ2v) is 7.32. The molecule has 5 rings (SSSR count). The number of hydrogen-bond donors (Lipinski definition) is 1. The van der Waals surface area contributed by atoms with Gasteiger partial charge in [0.25, 0.3) is 0 Å². The van der Waals surface area contributed by atoms with Gasteiger partial charge in [-0.25, -0.2) is 0 Å². The smallest absolute Gasteiger partial charge is 0.115 e. The van der Waals surface area contributed by atoms with E-state index in [1.807, 2.05) is 18.2 Å². The monoisotopic (exact) mass is 394 g/mol. The lowest BCUT2D eigenvalue weighted by atomic mass is 9.95. The highest BCUT2D eigenvalue weighted by molar-refractivity contribution is 6.08. The van der Waals surface area contributed by atoms with Crippen LogP contribution in [0.1, 0.15) is 11.1 Å². The average Bonchev–Trinajstić information content (AvgIpc) is 2.83. The number of fused-ring (bicyclic) bond motifs is 3. The normalized spacial score (nSPS) is 10.2. The summed E-state index contributed by atoms with van der Waals surface area (Å²) in [5, 5.41) is 14.3. The molecule has 1 nitrogen and oxygen atoms in total. The topological polar surface area (TPSA) is 20.2 Å². The van der Waals surface area contributed by atoms with E-state index >= 15 is 0 Å². The van der Waals surface area contributed by atoms with E-state index in [2.05, 4.69) is 84.3 Å². The van der Waals surface area contributed by atoms with Gasteiger partial charge in [0.1, 0.15) is 5.75 Å². The lowest BCUT2D eigenvalue weighted by Gasteiger charge is -2.08. The molecule has 1 N–H and O–H groups in total. The zero-order chi connectivity index (χ0) is 21.0. The Morgan fingerprint density at radius 1 is 0.548 bits per heavy atom. The molecule has 0 aliphatic carbocycles. The molecule has 0 aliphatic rings. The van der Waals surface area contributed by atoms with Crippen LogP contribution in [0.5, 0.6) is 5.75 Å². The number of phenols is 1. The Morgan fingerprint density at radius 3 is 2.16 bits per heavy atom. The molecule has 0 unspecified atom stereocenters. The van der Waals surface area contributed by atoms with Gasteiger partial charge in [-0.15, -0.1) is 0 Å². The molecule has 0 atom stereocenters. The highest BCUT2D eigenvalue weighted by atomic mass is 16.3. The predicted molar refractivity (Wildman–Crippen MR) is 129 cm³/mol. The van der Waals surface area contributed by atoms with Gasteiger partial charge in [-0.2, -0.15) is 0 Å². The zero-order valence-electron chi connectivity index (χ0n) is 16.8. The first-order chi connectivity index (χ1) is 15.3. The van der Waals surface area contributed by atoms with Crippen LogP contribution < -0.4 is 0 Å². The van der Waals surface area contributed by atoms with E-state index in [1.165, 1.54) is 21.5 Å². The fourth-order valence-corrected chi connectivity index (χ4v) is 3.77. The summed E-state index contributed by atoms with van der Waals surface area (Å²) in [7, 11) is 0. The largest absolute Gasteiger partial charge is 0.508 e. The van der Waals surface area contributed by atoms with Crippen LogP contribution in [-0.2, 0) is 0 Å². The van der Waals surface area contributed by atoms with Gasteiger partial charge < -0.3 is 5.11 Å². The second-order valence-electron chi connectivity index (χ2n) is 7.32. The van der Waals surface area contributed by atoms with Crippen molar-refractivity contribution in [3.05, 3.63) is 114 Å². The van der Waals surface area contributed by atoms with E-state index in [4.69, 9.17) is 0 Å². The highest BCUT2D eigenvalue weighted by Gasteiger charge is 2.06. The summed E-state index contributed by atoms with van der Waals surface area (Å²) in [6.07, 6.45) is 0. The van der Waals surface area contributed by atoms with Crippen molar-refractivity contribution in [2.75, 3.05) is 0 Å². The van der Waals surface area contributed by atoms with Crippen LogP contribution in [0.3, 0.4) is 0 Å². The van der Waals surface area contributed by atoms with Crippen LogP contribution in [0.15, 0.2) is 103 Å². The molecule has 0 bridgehead atoms. The van der Waals surface area contributed by atoms with Crippen molar-refractivity contribution in [1.82, 2.24) is 0 Å². The molecule has 0 aromatic heterocycles. The summed E-state index contributed by atoms with van der Waals surface area (Å²) in [6, 6.07) is 34.3. The van der Waals surface area contributed by atoms with E-state index in [0.29, 0.717) is 0 Å². The summed E-state index contributed by atoms with van der Waals surface area (Å²) in [5.74, 6) is 12.3.